The van der Waals surface area contributed by atoms with Crippen LogP contribution in [0.2, 0.25) is 0 Å². The molecule has 98 valence electrons. The number of nitro groups is 1. The Hall–Kier alpha value is -1.92. The molecule has 18 heavy (non-hydrogen) atoms. The largest absolute Gasteiger partial charge is 0.389 e. The molecule has 0 saturated heterocycles. The van der Waals surface area contributed by atoms with Crippen LogP contribution >= 0.6 is 0 Å². The van der Waals surface area contributed by atoms with E-state index in [1.54, 1.807) is 0 Å². The third kappa shape index (κ3) is 2.07. The second-order valence-corrected chi connectivity index (χ2v) is 4.65. The lowest BCUT2D eigenvalue weighted by molar-refractivity contribution is -0.385. The van der Waals surface area contributed by atoms with Crippen LogP contribution in [-0.2, 0) is 0 Å². The number of nitrogens with two attached hydrogens (primary N) is 1. The Kier molecular flexibility index (Phi) is 3.31. The summed E-state index contributed by atoms with van der Waals surface area (Å²) in [7, 11) is 0. The molecular formula is C11H16N4O3. The highest BCUT2D eigenvalue weighted by molar-refractivity contribution is 5.58. The summed E-state index contributed by atoms with van der Waals surface area (Å²) in [5, 5.41) is 14.9. The maximum atomic E-state index is 12.0. The van der Waals surface area contributed by atoms with Crippen molar-refractivity contribution in [3.05, 3.63) is 26.2 Å². The first-order valence-corrected chi connectivity index (χ1v) is 6.05. The summed E-state index contributed by atoms with van der Waals surface area (Å²) in [5.74, 6) is 0. The summed E-state index contributed by atoms with van der Waals surface area (Å²) in [6.07, 6.45) is 5.02. The highest BCUT2D eigenvalue weighted by Gasteiger charge is 2.25. The lowest BCUT2D eigenvalue weighted by Crippen LogP contribution is -2.32. The van der Waals surface area contributed by atoms with Gasteiger partial charge in [-0.05, 0) is 19.8 Å². The van der Waals surface area contributed by atoms with Gasteiger partial charge in [-0.25, -0.2) is 4.68 Å². The molecule has 0 aromatic carbocycles. The Morgan fingerprint density at radius 1 is 1.39 bits per heavy atom. The van der Waals surface area contributed by atoms with Crippen LogP contribution in [0, 0.1) is 17.0 Å². The molecular weight excluding hydrogens is 236 g/mol. The highest BCUT2D eigenvalue weighted by Crippen LogP contribution is 2.28. The summed E-state index contributed by atoms with van der Waals surface area (Å²) in [6, 6.07) is 0.0213. The van der Waals surface area contributed by atoms with Crippen LogP contribution in [0.4, 0.5) is 11.4 Å². The third-order valence-corrected chi connectivity index (χ3v) is 3.40. The molecule has 1 aliphatic rings. The van der Waals surface area contributed by atoms with Gasteiger partial charge in [0.2, 0.25) is 0 Å². The van der Waals surface area contributed by atoms with E-state index in [1.807, 2.05) is 0 Å². The Labute approximate surface area is 104 Å². The minimum atomic E-state index is -0.649. The van der Waals surface area contributed by atoms with E-state index in [0.29, 0.717) is 0 Å². The maximum absolute atomic E-state index is 12.0. The van der Waals surface area contributed by atoms with E-state index in [9.17, 15) is 14.9 Å². The van der Waals surface area contributed by atoms with Crippen LogP contribution in [0.3, 0.4) is 0 Å². The summed E-state index contributed by atoms with van der Waals surface area (Å²) >= 11 is 0. The normalized spacial score (nSPS) is 16.7. The number of hydrogen-bond acceptors (Lipinski definition) is 5. The highest BCUT2D eigenvalue weighted by atomic mass is 16.6. The molecule has 1 aromatic heterocycles. The maximum Gasteiger partial charge on any atom is 0.320 e. The fourth-order valence-electron chi connectivity index (χ4n) is 2.48. The number of hydrogen-bond donors (Lipinski definition) is 1. The summed E-state index contributed by atoms with van der Waals surface area (Å²) in [6.45, 7) is 1.51. The van der Waals surface area contributed by atoms with Crippen molar-refractivity contribution in [3.8, 4) is 0 Å². The first kappa shape index (κ1) is 12.5. The Bertz CT molecular complexity index is 532. The van der Waals surface area contributed by atoms with Gasteiger partial charge < -0.3 is 5.73 Å². The molecule has 1 saturated carbocycles. The van der Waals surface area contributed by atoms with Gasteiger partial charge in [-0.2, -0.15) is 5.10 Å². The molecule has 2 N–H and O–H groups in total. The summed E-state index contributed by atoms with van der Waals surface area (Å²) in [4.78, 5) is 22.2. The zero-order valence-electron chi connectivity index (χ0n) is 10.3. The lowest BCUT2D eigenvalue weighted by Gasteiger charge is -2.23. The minimum Gasteiger partial charge on any atom is -0.389 e. The molecule has 0 radical (unpaired) electrons. The number of aryl methyl sites for hydroxylation is 1. The number of anilines is 1. The van der Waals surface area contributed by atoms with Crippen molar-refractivity contribution >= 4 is 11.4 Å². The number of nitrogen functional groups attached to an aromatic ring is 1. The van der Waals surface area contributed by atoms with E-state index in [0.717, 1.165) is 32.1 Å². The van der Waals surface area contributed by atoms with Crippen LogP contribution in [0.5, 0.6) is 0 Å². The molecule has 0 atom stereocenters. The molecule has 1 aliphatic carbocycles. The fraction of sp³-hybridized carbons (Fsp3) is 0.636. The smallest absolute Gasteiger partial charge is 0.320 e. The molecule has 0 bridgehead atoms. The second kappa shape index (κ2) is 4.75. The van der Waals surface area contributed by atoms with Crippen LogP contribution in [0.1, 0.15) is 43.8 Å². The van der Waals surface area contributed by atoms with Crippen molar-refractivity contribution in [2.24, 2.45) is 0 Å². The number of nitrogens with zero attached hydrogens (tertiary/aromatic N) is 3. The van der Waals surface area contributed by atoms with Crippen LogP contribution in [0.15, 0.2) is 4.79 Å². The molecule has 2 rings (SSSR count). The van der Waals surface area contributed by atoms with Gasteiger partial charge >= 0.3 is 5.69 Å². The van der Waals surface area contributed by atoms with E-state index >= 15 is 0 Å². The van der Waals surface area contributed by atoms with Crippen molar-refractivity contribution in [2.45, 2.75) is 45.1 Å². The van der Waals surface area contributed by atoms with Gasteiger partial charge in [-0.1, -0.05) is 19.3 Å². The van der Waals surface area contributed by atoms with Crippen LogP contribution in [0.25, 0.3) is 0 Å². The van der Waals surface area contributed by atoms with E-state index in [-0.39, 0.29) is 23.1 Å². The molecule has 0 unspecified atom stereocenters. The van der Waals surface area contributed by atoms with E-state index < -0.39 is 10.5 Å². The average molecular weight is 252 g/mol. The van der Waals surface area contributed by atoms with Crippen molar-refractivity contribution in [1.29, 1.82) is 0 Å². The molecule has 0 spiro atoms. The number of rotatable bonds is 2. The van der Waals surface area contributed by atoms with E-state index in [1.165, 1.54) is 11.6 Å². The standard InChI is InChI=1S/C11H16N4O3/c1-7-10(15(17)18)9(12)11(16)14(13-7)8-5-3-2-4-6-8/h8H,2-6,12H2,1H3. The van der Waals surface area contributed by atoms with E-state index in [4.69, 9.17) is 5.73 Å². The zero-order chi connectivity index (χ0) is 13.3. The minimum absolute atomic E-state index is 0.0213. The SMILES string of the molecule is Cc1nn(C2CCCCC2)c(=O)c(N)c1[N+](=O)[O-]. The predicted octanol–water partition coefficient (Wildman–Crippen LogP) is 1.55. The monoisotopic (exact) mass is 252 g/mol. The first-order valence-electron chi connectivity index (χ1n) is 6.05. The molecule has 1 heterocycles. The first-order chi connectivity index (χ1) is 8.52. The Balaban J connectivity index is 2.50. The van der Waals surface area contributed by atoms with E-state index in [2.05, 4.69) is 5.10 Å². The van der Waals surface area contributed by atoms with Crippen molar-refractivity contribution in [1.82, 2.24) is 9.78 Å². The topological polar surface area (TPSA) is 104 Å². The molecule has 1 fully saturated rings. The van der Waals surface area contributed by atoms with Crippen LogP contribution < -0.4 is 11.3 Å². The Morgan fingerprint density at radius 2 is 2.00 bits per heavy atom. The molecule has 7 nitrogen and oxygen atoms in total. The van der Waals surface area contributed by atoms with Gasteiger partial charge in [0.05, 0.1) is 11.0 Å². The van der Waals surface area contributed by atoms with Crippen LogP contribution in [-0.4, -0.2) is 14.7 Å². The van der Waals surface area contributed by atoms with Gasteiger partial charge in [-0.15, -0.1) is 0 Å². The fourth-order valence-corrected chi connectivity index (χ4v) is 2.48. The van der Waals surface area contributed by atoms with Gasteiger partial charge in [0, 0.05) is 0 Å². The summed E-state index contributed by atoms with van der Waals surface area (Å²) < 4.78 is 1.33. The van der Waals surface area contributed by atoms with Crippen molar-refractivity contribution in [2.75, 3.05) is 5.73 Å². The Morgan fingerprint density at radius 3 is 2.56 bits per heavy atom. The average Bonchev–Trinajstić information content (AvgIpc) is 2.34. The molecule has 7 heteroatoms. The third-order valence-electron chi connectivity index (χ3n) is 3.40. The predicted molar refractivity (Wildman–Crippen MR) is 66.4 cm³/mol. The second-order valence-electron chi connectivity index (χ2n) is 4.65. The quantitative estimate of drug-likeness (QED) is 0.635. The van der Waals surface area contributed by atoms with Crippen molar-refractivity contribution < 1.29 is 4.92 Å². The molecule has 0 amide bonds. The number of aromatic nitrogens is 2. The molecule has 1 aromatic rings. The molecule has 0 aliphatic heterocycles. The summed E-state index contributed by atoms with van der Waals surface area (Å²) in [5.41, 5.74) is 4.56. The van der Waals surface area contributed by atoms with Gasteiger partial charge in [0.1, 0.15) is 5.69 Å². The zero-order valence-corrected chi connectivity index (χ0v) is 10.3. The van der Waals surface area contributed by atoms with Gasteiger partial charge in [0.25, 0.3) is 5.56 Å². The van der Waals surface area contributed by atoms with Gasteiger partial charge in [-0.3, -0.25) is 14.9 Å². The lowest BCUT2D eigenvalue weighted by atomic mass is 9.95. The van der Waals surface area contributed by atoms with Gasteiger partial charge in [0.15, 0.2) is 5.69 Å². The van der Waals surface area contributed by atoms with Crippen molar-refractivity contribution in [3.63, 3.8) is 0 Å².